The fourth-order valence-electron chi connectivity index (χ4n) is 16.0. The summed E-state index contributed by atoms with van der Waals surface area (Å²) in [4.78, 5) is 15.8. The Morgan fingerprint density at radius 1 is 0.415 bits per heavy atom. The van der Waals surface area contributed by atoms with Crippen LogP contribution in [0.25, 0.3) is 111 Å². The molecule has 440 valence electrons. The van der Waals surface area contributed by atoms with E-state index in [1.807, 2.05) is 18.3 Å². The number of ether oxygens (including phenoxy) is 2. The number of rotatable bonds is 8. The van der Waals surface area contributed by atoms with Gasteiger partial charge in [0.25, 0.3) is 0 Å². The van der Waals surface area contributed by atoms with Gasteiger partial charge >= 0.3 is 0 Å². The molecule has 4 aliphatic rings. The standard InChI is InChI=1S/C88H56N4O2/c1-3-20-75-84(54(2)55-37-44-59(45-38-55)86-91-78-34-16-17-35-79(78)92(86)63-21-5-4-6-22-63)94-81-52-60(47-49-74(81)88(75)71-30-13-9-25-67(71)68-26-10-14-31-72(68)88)62-51-61-46-43-58-48-50-77(90-83(58)82(61)89-53-62)57-41-39-56(40-42-57)64-27-19-33-76-85(64)93-80-36-18-15-32-73(80)87(76)69-28-11-7-23-65(69)66-24-8-12-29-70(66)87/h3-53H,2H2,1H3/b20-3-. The van der Waals surface area contributed by atoms with Gasteiger partial charge in [-0.3, -0.25) is 9.55 Å². The van der Waals surface area contributed by atoms with Gasteiger partial charge in [-0.15, -0.1) is 0 Å². The van der Waals surface area contributed by atoms with E-state index in [0.717, 1.165) is 134 Å². The van der Waals surface area contributed by atoms with Crippen molar-refractivity contribution in [3.63, 3.8) is 0 Å². The lowest BCUT2D eigenvalue weighted by Crippen LogP contribution is -2.34. The molecule has 94 heavy (non-hydrogen) atoms. The zero-order valence-corrected chi connectivity index (χ0v) is 51.3. The van der Waals surface area contributed by atoms with Crippen LogP contribution in [0.4, 0.5) is 0 Å². The second-order valence-electron chi connectivity index (χ2n) is 24.9. The molecule has 15 aromatic rings. The summed E-state index contributed by atoms with van der Waals surface area (Å²) in [5.74, 6) is 4.09. The number of hydrogen-bond acceptors (Lipinski definition) is 5. The summed E-state index contributed by atoms with van der Waals surface area (Å²) in [5.41, 5.74) is 26.4. The summed E-state index contributed by atoms with van der Waals surface area (Å²) in [6, 6.07) is 104. The highest BCUT2D eigenvalue weighted by molar-refractivity contribution is 6.05. The molecule has 2 aliphatic heterocycles. The van der Waals surface area contributed by atoms with Crippen molar-refractivity contribution in [3.8, 4) is 90.1 Å². The topological polar surface area (TPSA) is 62.1 Å². The van der Waals surface area contributed by atoms with E-state index in [4.69, 9.17) is 31.0 Å². The van der Waals surface area contributed by atoms with Crippen molar-refractivity contribution in [1.29, 1.82) is 0 Å². The molecule has 0 amide bonds. The van der Waals surface area contributed by atoms with Gasteiger partial charge in [0.1, 0.15) is 28.8 Å². The molecular formula is C88H56N4O2. The Hall–Kier alpha value is -12.3. The van der Waals surface area contributed by atoms with E-state index in [-0.39, 0.29) is 0 Å². The second-order valence-corrected chi connectivity index (χ2v) is 24.9. The lowest BCUT2D eigenvalue weighted by molar-refractivity contribution is 0.408. The van der Waals surface area contributed by atoms with E-state index in [1.54, 1.807) is 0 Å². The average molecular weight is 1200 g/mol. The van der Waals surface area contributed by atoms with Crippen LogP contribution in [0.1, 0.15) is 51.4 Å². The van der Waals surface area contributed by atoms with Crippen molar-refractivity contribution < 1.29 is 9.47 Å². The zero-order valence-electron chi connectivity index (χ0n) is 51.3. The van der Waals surface area contributed by atoms with Crippen LogP contribution in [-0.2, 0) is 10.8 Å². The zero-order chi connectivity index (χ0) is 62.2. The first-order valence-electron chi connectivity index (χ1n) is 32.1. The molecule has 0 radical (unpaired) electrons. The van der Waals surface area contributed by atoms with Gasteiger partial charge in [0, 0.05) is 72.7 Å². The Morgan fingerprint density at radius 2 is 0.979 bits per heavy atom. The van der Waals surface area contributed by atoms with Gasteiger partial charge in [0.05, 0.1) is 38.6 Å². The molecular weight excluding hydrogens is 1140 g/mol. The first kappa shape index (κ1) is 53.6. The fourth-order valence-corrected chi connectivity index (χ4v) is 16.0. The summed E-state index contributed by atoms with van der Waals surface area (Å²) in [5, 5.41) is 2.01. The third-order valence-electron chi connectivity index (χ3n) is 20.1. The molecule has 0 atom stereocenters. The number of benzene rings is 12. The molecule has 3 aromatic heterocycles. The Labute approximate surface area is 544 Å². The average Bonchev–Trinajstić information content (AvgIpc) is 1.48. The van der Waals surface area contributed by atoms with Crippen LogP contribution in [0.15, 0.2) is 327 Å². The van der Waals surface area contributed by atoms with Gasteiger partial charge in [-0.2, -0.15) is 0 Å². The normalized spacial score (nSPS) is 14.1. The summed E-state index contributed by atoms with van der Waals surface area (Å²) < 4.78 is 16.7. The first-order valence-corrected chi connectivity index (χ1v) is 32.1. The van der Waals surface area contributed by atoms with Crippen LogP contribution in [0.2, 0.25) is 0 Å². The Morgan fingerprint density at radius 3 is 1.69 bits per heavy atom. The molecule has 0 N–H and O–H groups in total. The molecule has 0 saturated heterocycles. The van der Waals surface area contributed by atoms with E-state index in [2.05, 4.69) is 303 Å². The molecule has 2 spiro atoms. The van der Waals surface area contributed by atoms with Crippen molar-refractivity contribution >= 4 is 38.4 Å². The molecule has 0 saturated carbocycles. The minimum absolute atomic E-state index is 0.535. The third kappa shape index (κ3) is 7.62. The fraction of sp³-hybridized carbons (Fsp3) is 0.0341. The number of imidazole rings is 1. The molecule has 0 unspecified atom stereocenters. The Kier molecular flexibility index (Phi) is 11.8. The first-order chi connectivity index (χ1) is 46.5. The van der Waals surface area contributed by atoms with Crippen LogP contribution >= 0.6 is 0 Å². The maximum absolute atomic E-state index is 7.41. The molecule has 6 nitrogen and oxygen atoms in total. The van der Waals surface area contributed by atoms with Gasteiger partial charge < -0.3 is 9.47 Å². The highest BCUT2D eigenvalue weighted by atomic mass is 16.5. The monoisotopic (exact) mass is 1200 g/mol. The summed E-state index contributed by atoms with van der Waals surface area (Å²) in [7, 11) is 0. The quantitative estimate of drug-likeness (QED) is 0.142. The maximum Gasteiger partial charge on any atom is 0.145 e. The molecule has 2 aliphatic carbocycles. The number of nitrogens with zero attached hydrogens (tertiary/aromatic N) is 4. The van der Waals surface area contributed by atoms with Crippen molar-refractivity contribution in [2.45, 2.75) is 17.8 Å². The second kappa shape index (κ2) is 20.6. The Balaban J connectivity index is 0.679. The molecule has 12 aromatic carbocycles. The maximum atomic E-state index is 7.41. The predicted molar refractivity (Wildman–Crippen MR) is 380 cm³/mol. The number of allylic oxidation sites excluding steroid dienone is 4. The number of pyridine rings is 2. The summed E-state index contributed by atoms with van der Waals surface area (Å²) >= 11 is 0. The lowest BCUT2D eigenvalue weighted by Gasteiger charge is -2.41. The SMILES string of the molecule is C=C(C1=C(/C=C\C)C2(c3ccc(-c4cnc5c(ccc6ccc(-c7ccc(-c8cccc9c8Oc8ccccc8C98c9ccccc9-c9ccccc98)cc7)nc65)c4)cc3O1)c1ccccc1-c1ccccc12)c1ccc(-c2nc3ccccc3n2-c2ccccc2)cc1. The minimum Gasteiger partial charge on any atom is -0.456 e. The lowest BCUT2D eigenvalue weighted by atomic mass is 9.64. The van der Waals surface area contributed by atoms with E-state index < -0.39 is 10.8 Å². The summed E-state index contributed by atoms with van der Waals surface area (Å²) in [6.07, 6.45) is 6.34. The van der Waals surface area contributed by atoms with E-state index in [9.17, 15) is 0 Å². The van der Waals surface area contributed by atoms with Crippen LogP contribution in [0.3, 0.4) is 0 Å². The van der Waals surface area contributed by atoms with Crippen LogP contribution in [0.5, 0.6) is 17.2 Å². The highest BCUT2D eigenvalue weighted by Gasteiger charge is 2.53. The third-order valence-corrected chi connectivity index (χ3v) is 20.1. The highest BCUT2D eigenvalue weighted by Crippen LogP contribution is 2.64. The Bertz CT molecular complexity index is 5680. The van der Waals surface area contributed by atoms with Gasteiger partial charge in [0.15, 0.2) is 0 Å². The van der Waals surface area contributed by atoms with Crippen molar-refractivity contribution in [1.82, 2.24) is 19.5 Å². The van der Waals surface area contributed by atoms with Crippen LogP contribution in [-0.4, -0.2) is 19.5 Å². The van der Waals surface area contributed by atoms with Gasteiger partial charge in [-0.25, -0.2) is 9.97 Å². The van der Waals surface area contributed by atoms with Crippen LogP contribution in [0, 0.1) is 0 Å². The predicted octanol–water partition coefficient (Wildman–Crippen LogP) is 21.5. The van der Waals surface area contributed by atoms with Crippen molar-refractivity contribution in [3.05, 3.63) is 372 Å². The van der Waals surface area contributed by atoms with Gasteiger partial charge in [-0.05, 0) is 117 Å². The molecule has 0 bridgehead atoms. The molecule has 5 heterocycles. The molecule has 0 fully saturated rings. The molecule has 6 heteroatoms. The van der Waals surface area contributed by atoms with E-state index in [1.165, 1.54) is 44.5 Å². The molecule has 19 rings (SSSR count). The van der Waals surface area contributed by atoms with Crippen molar-refractivity contribution in [2.24, 2.45) is 0 Å². The smallest absolute Gasteiger partial charge is 0.145 e. The number of fused-ring (bicyclic) bond motifs is 20. The largest absolute Gasteiger partial charge is 0.456 e. The van der Waals surface area contributed by atoms with E-state index >= 15 is 0 Å². The van der Waals surface area contributed by atoms with Gasteiger partial charge in [-0.1, -0.05) is 261 Å². The number of para-hydroxylation sites is 5. The van der Waals surface area contributed by atoms with Crippen molar-refractivity contribution in [2.75, 3.05) is 0 Å². The van der Waals surface area contributed by atoms with Gasteiger partial charge in [0.2, 0.25) is 0 Å². The minimum atomic E-state index is -0.726. The number of aromatic nitrogens is 4. The summed E-state index contributed by atoms with van der Waals surface area (Å²) in [6.45, 7) is 6.97. The van der Waals surface area contributed by atoms with E-state index in [0.29, 0.717) is 5.76 Å². The number of hydrogen-bond donors (Lipinski definition) is 0. The van der Waals surface area contributed by atoms with Crippen LogP contribution < -0.4 is 9.47 Å².